The lowest BCUT2D eigenvalue weighted by Gasteiger charge is -2.13. The predicted octanol–water partition coefficient (Wildman–Crippen LogP) is 2.98. The van der Waals surface area contributed by atoms with Gasteiger partial charge < -0.3 is 4.74 Å². The molecule has 1 heterocycles. The maximum absolute atomic E-state index is 12.6. The van der Waals surface area contributed by atoms with Crippen molar-refractivity contribution in [2.24, 2.45) is 0 Å². The fraction of sp³-hybridized carbons (Fsp3) is 0.200. The summed E-state index contributed by atoms with van der Waals surface area (Å²) in [6.07, 6.45) is 3.20. The van der Waals surface area contributed by atoms with Crippen molar-refractivity contribution in [3.63, 3.8) is 0 Å². The van der Waals surface area contributed by atoms with E-state index in [-0.39, 0.29) is 22.8 Å². The molecule has 0 aliphatic heterocycles. The van der Waals surface area contributed by atoms with Crippen LogP contribution in [0.4, 0.5) is 5.69 Å². The van der Waals surface area contributed by atoms with E-state index in [1.807, 2.05) is 0 Å². The number of hydrogen-bond acceptors (Lipinski definition) is 5. The number of para-hydroxylation sites is 1. The minimum absolute atomic E-state index is 0.00611. The predicted molar refractivity (Wildman–Crippen MR) is 76.6 cm³/mol. The Morgan fingerprint density at radius 1 is 1.29 bits per heavy atom. The van der Waals surface area contributed by atoms with Gasteiger partial charge in [-0.15, -0.1) is 0 Å². The van der Waals surface area contributed by atoms with Gasteiger partial charge >= 0.3 is 5.69 Å². The van der Waals surface area contributed by atoms with Crippen molar-refractivity contribution >= 4 is 11.5 Å². The molecule has 1 aromatic carbocycles. The SMILES string of the molecule is COc1c(C(=O)C(C)c2ccncc2)cccc1[N+](=O)[O-]. The molecule has 2 rings (SSSR count). The second kappa shape index (κ2) is 6.13. The maximum Gasteiger partial charge on any atom is 0.311 e. The minimum Gasteiger partial charge on any atom is -0.490 e. The summed E-state index contributed by atoms with van der Waals surface area (Å²) in [6.45, 7) is 1.75. The number of carbonyl (C=O) groups excluding carboxylic acids is 1. The third-order valence-corrected chi connectivity index (χ3v) is 3.26. The first-order valence-electron chi connectivity index (χ1n) is 6.31. The molecule has 21 heavy (non-hydrogen) atoms. The first-order chi connectivity index (χ1) is 10.1. The summed E-state index contributed by atoms with van der Waals surface area (Å²) < 4.78 is 5.07. The third-order valence-electron chi connectivity index (χ3n) is 3.26. The molecule has 0 N–H and O–H groups in total. The Morgan fingerprint density at radius 3 is 2.52 bits per heavy atom. The molecule has 108 valence electrons. The van der Waals surface area contributed by atoms with E-state index in [2.05, 4.69) is 4.98 Å². The van der Waals surface area contributed by atoms with E-state index in [4.69, 9.17) is 4.74 Å². The van der Waals surface area contributed by atoms with E-state index < -0.39 is 10.8 Å². The standard InChI is InChI=1S/C15H14N2O4/c1-10(11-6-8-16-9-7-11)14(18)12-4-3-5-13(17(19)20)15(12)21-2/h3-10H,1-2H3. The Bertz CT molecular complexity index is 671. The summed E-state index contributed by atoms with van der Waals surface area (Å²) in [6, 6.07) is 7.81. The van der Waals surface area contributed by atoms with Crippen LogP contribution in [0.2, 0.25) is 0 Å². The topological polar surface area (TPSA) is 82.3 Å². The van der Waals surface area contributed by atoms with Gasteiger partial charge in [0, 0.05) is 24.4 Å². The number of ketones is 1. The number of hydrogen-bond donors (Lipinski definition) is 0. The molecule has 6 heteroatoms. The van der Waals surface area contributed by atoms with Gasteiger partial charge in [-0.05, 0) is 23.8 Å². The summed E-state index contributed by atoms with van der Waals surface area (Å²) in [7, 11) is 1.32. The molecule has 0 aliphatic rings. The van der Waals surface area contributed by atoms with Crippen LogP contribution in [0, 0.1) is 10.1 Å². The Kier molecular flexibility index (Phi) is 4.27. The number of ether oxygens (including phenoxy) is 1. The first-order valence-corrected chi connectivity index (χ1v) is 6.31. The van der Waals surface area contributed by atoms with Gasteiger partial charge in [0.1, 0.15) is 0 Å². The summed E-state index contributed by atoms with van der Waals surface area (Å²) in [5.74, 6) is -0.681. The fourth-order valence-corrected chi connectivity index (χ4v) is 2.11. The van der Waals surface area contributed by atoms with Gasteiger partial charge in [0.05, 0.1) is 17.6 Å². The number of methoxy groups -OCH3 is 1. The van der Waals surface area contributed by atoms with E-state index in [0.29, 0.717) is 0 Å². The second-order valence-electron chi connectivity index (χ2n) is 4.48. The number of benzene rings is 1. The Morgan fingerprint density at radius 2 is 1.95 bits per heavy atom. The molecule has 6 nitrogen and oxygen atoms in total. The normalized spacial score (nSPS) is 11.7. The molecular weight excluding hydrogens is 272 g/mol. The van der Waals surface area contributed by atoms with Crippen LogP contribution in [0.15, 0.2) is 42.7 Å². The summed E-state index contributed by atoms with van der Waals surface area (Å²) in [5, 5.41) is 11.0. The van der Waals surface area contributed by atoms with Crippen LogP contribution in [0.1, 0.15) is 28.8 Å². The number of carbonyl (C=O) groups is 1. The summed E-state index contributed by atoms with van der Waals surface area (Å²) in [5.41, 5.74) is 0.782. The Hall–Kier alpha value is -2.76. The zero-order valence-electron chi connectivity index (χ0n) is 11.6. The van der Waals surface area contributed by atoms with Crippen LogP contribution >= 0.6 is 0 Å². The van der Waals surface area contributed by atoms with E-state index >= 15 is 0 Å². The Balaban J connectivity index is 2.44. The van der Waals surface area contributed by atoms with Crippen LogP contribution < -0.4 is 4.74 Å². The summed E-state index contributed by atoms with van der Waals surface area (Å²) in [4.78, 5) is 26.9. The van der Waals surface area contributed by atoms with Crippen LogP contribution in [0.25, 0.3) is 0 Å². The summed E-state index contributed by atoms with van der Waals surface area (Å²) >= 11 is 0. The number of pyridine rings is 1. The number of nitro benzene ring substituents is 1. The van der Waals surface area contributed by atoms with Gasteiger partial charge in [0.2, 0.25) is 5.75 Å². The van der Waals surface area contributed by atoms with Crippen LogP contribution in [-0.2, 0) is 0 Å². The quantitative estimate of drug-likeness (QED) is 0.479. The molecule has 0 amide bonds. The zero-order chi connectivity index (χ0) is 15.4. The molecule has 1 unspecified atom stereocenters. The Labute approximate surface area is 121 Å². The van der Waals surface area contributed by atoms with Crippen molar-refractivity contribution in [1.82, 2.24) is 4.98 Å². The van der Waals surface area contributed by atoms with E-state index in [1.165, 1.54) is 25.3 Å². The molecule has 1 aromatic heterocycles. The highest BCUT2D eigenvalue weighted by Gasteiger charge is 2.26. The van der Waals surface area contributed by atoms with Crippen molar-refractivity contribution in [2.45, 2.75) is 12.8 Å². The average molecular weight is 286 g/mol. The first kappa shape index (κ1) is 14.6. The van der Waals surface area contributed by atoms with Gasteiger partial charge in [-0.25, -0.2) is 0 Å². The van der Waals surface area contributed by atoms with Gasteiger partial charge in [-0.2, -0.15) is 0 Å². The van der Waals surface area contributed by atoms with Gasteiger partial charge in [0.15, 0.2) is 5.78 Å². The number of nitro groups is 1. The van der Waals surface area contributed by atoms with Crippen LogP contribution in [-0.4, -0.2) is 22.8 Å². The van der Waals surface area contributed by atoms with E-state index in [0.717, 1.165) is 5.56 Å². The van der Waals surface area contributed by atoms with Crippen molar-refractivity contribution < 1.29 is 14.5 Å². The van der Waals surface area contributed by atoms with E-state index in [1.54, 1.807) is 31.5 Å². The average Bonchev–Trinajstić information content (AvgIpc) is 2.53. The van der Waals surface area contributed by atoms with Gasteiger partial charge in [-0.3, -0.25) is 19.9 Å². The van der Waals surface area contributed by atoms with Crippen LogP contribution in [0.3, 0.4) is 0 Å². The maximum atomic E-state index is 12.6. The van der Waals surface area contributed by atoms with Gasteiger partial charge in [-0.1, -0.05) is 13.0 Å². The van der Waals surface area contributed by atoms with Crippen molar-refractivity contribution in [1.29, 1.82) is 0 Å². The number of rotatable bonds is 5. The van der Waals surface area contributed by atoms with Crippen molar-refractivity contribution in [2.75, 3.05) is 7.11 Å². The second-order valence-corrected chi connectivity index (χ2v) is 4.48. The highest BCUT2D eigenvalue weighted by atomic mass is 16.6. The number of aromatic nitrogens is 1. The molecule has 0 saturated carbocycles. The lowest BCUT2D eigenvalue weighted by Crippen LogP contribution is -2.12. The molecule has 2 aromatic rings. The molecule has 0 bridgehead atoms. The fourth-order valence-electron chi connectivity index (χ4n) is 2.11. The molecule has 0 aliphatic carbocycles. The highest BCUT2D eigenvalue weighted by molar-refractivity contribution is 6.03. The molecule has 1 atom stereocenters. The highest BCUT2D eigenvalue weighted by Crippen LogP contribution is 2.33. The number of Topliss-reactive ketones (excluding diaryl/α,β-unsaturated/α-hetero) is 1. The minimum atomic E-state index is -0.563. The van der Waals surface area contributed by atoms with Gasteiger partial charge in [0.25, 0.3) is 0 Å². The molecule has 0 radical (unpaired) electrons. The zero-order valence-corrected chi connectivity index (χ0v) is 11.6. The molecule has 0 saturated heterocycles. The lowest BCUT2D eigenvalue weighted by molar-refractivity contribution is -0.385. The monoisotopic (exact) mass is 286 g/mol. The largest absolute Gasteiger partial charge is 0.490 e. The smallest absolute Gasteiger partial charge is 0.311 e. The lowest BCUT2D eigenvalue weighted by atomic mass is 9.92. The third kappa shape index (κ3) is 2.89. The number of nitrogens with zero attached hydrogens (tertiary/aromatic N) is 2. The molecule has 0 fully saturated rings. The molecule has 0 spiro atoms. The van der Waals surface area contributed by atoms with Crippen molar-refractivity contribution in [3.05, 3.63) is 64.0 Å². The molecular formula is C15H14N2O4. The van der Waals surface area contributed by atoms with E-state index in [9.17, 15) is 14.9 Å². The van der Waals surface area contributed by atoms with Crippen molar-refractivity contribution in [3.8, 4) is 5.75 Å². The van der Waals surface area contributed by atoms with Crippen LogP contribution in [0.5, 0.6) is 5.75 Å².